The zero-order valence-corrected chi connectivity index (χ0v) is 22.0. The summed E-state index contributed by atoms with van der Waals surface area (Å²) in [5, 5.41) is 0. The molecule has 5 heteroatoms. The van der Waals surface area contributed by atoms with E-state index in [9.17, 15) is 13.6 Å². The van der Waals surface area contributed by atoms with Gasteiger partial charge in [-0.3, -0.25) is 4.79 Å². The molecule has 4 atom stereocenters. The van der Waals surface area contributed by atoms with Crippen molar-refractivity contribution in [3.05, 3.63) is 107 Å². The molecular weight excluding hydrogens is 482 g/mol. The van der Waals surface area contributed by atoms with Gasteiger partial charge in [0.2, 0.25) is 0 Å². The van der Waals surface area contributed by atoms with Gasteiger partial charge in [-0.1, -0.05) is 60.5 Å². The second-order valence-corrected chi connectivity index (χ2v) is 11.0. The van der Waals surface area contributed by atoms with E-state index < -0.39 is 6.10 Å². The van der Waals surface area contributed by atoms with Crippen LogP contribution in [0.5, 0.6) is 0 Å². The number of esters is 1. The van der Waals surface area contributed by atoms with Gasteiger partial charge >= 0.3 is 5.97 Å². The first kappa shape index (κ1) is 26.6. The summed E-state index contributed by atoms with van der Waals surface area (Å²) in [5.74, 6) is 0.390. The van der Waals surface area contributed by atoms with Crippen molar-refractivity contribution in [1.29, 1.82) is 0 Å². The molecule has 2 bridgehead atoms. The molecule has 3 nitrogen and oxygen atoms in total. The molecule has 3 aromatic carbocycles. The van der Waals surface area contributed by atoms with Crippen molar-refractivity contribution in [2.75, 3.05) is 6.61 Å². The molecule has 0 aromatic heterocycles. The Kier molecular flexibility index (Phi) is 8.53. The quantitative estimate of drug-likeness (QED) is 0.257. The summed E-state index contributed by atoms with van der Waals surface area (Å²) < 4.78 is 40.0. The summed E-state index contributed by atoms with van der Waals surface area (Å²) in [6.45, 7) is 2.42. The highest BCUT2D eigenvalue weighted by molar-refractivity contribution is 5.69. The normalized spacial score (nSPS) is 22.5. The molecule has 2 saturated carbocycles. The van der Waals surface area contributed by atoms with E-state index in [2.05, 4.69) is 31.2 Å². The molecule has 0 aliphatic heterocycles. The first-order chi connectivity index (χ1) is 18.4. The van der Waals surface area contributed by atoms with E-state index in [4.69, 9.17) is 9.47 Å². The van der Waals surface area contributed by atoms with Crippen LogP contribution in [0.15, 0.2) is 72.8 Å². The molecule has 3 aromatic rings. The lowest BCUT2D eigenvalue weighted by Crippen LogP contribution is -2.38. The Hall–Kier alpha value is -3.05. The predicted molar refractivity (Wildman–Crippen MR) is 144 cm³/mol. The molecule has 0 heterocycles. The third-order valence-corrected chi connectivity index (χ3v) is 8.29. The Morgan fingerprint density at radius 3 is 2.13 bits per heavy atom. The largest absolute Gasteiger partial charge is 0.465 e. The molecular formula is C33H36F2O3. The molecule has 0 N–H and O–H groups in total. The lowest BCUT2D eigenvalue weighted by molar-refractivity contribution is -0.150. The molecule has 0 spiro atoms. The van der Waals surface area contributed by atoms with E-state index in [1.54, 1.807) is 24.3 Å². The number of ether oxygens (including phenoxy) is 2. The number of halogens is 2. The summed E-state index contributed by atoms with van der Waals surface area (Å²) in [6, 6.07) is 21.0. The van der Waals surface area contributed by atoms with Crippen LogP contribution in [0.1, 0.15) is 66.9 Å². The monoisotopic (exact) mass is 518 g/mol. The zero-order chi connectivity index (χ0) is 26.5. The van der Waals surface area contributed by atoms with Crippen LogP contribution >= 0.6 is 0 Å². The molecule has 0 amide bonds. The zero-order valence-electron chi connectivity index (χ0n) is 22.0. The minimum Gasteiger partial charge on any atom is -0.465 e. The Morgan fingerprint density at radius 1 is 0.868 bits per heavy atom. The van der Waals surface area contributed by atoms with E-state index in [0.29, 0.717) is 24.9 Å². The van der Waals surface area contributed by atoms with Crippen LogP contribution in [0.2, 0.25) is 0 Å². The van der Waals surface area contributed by atoms with Gasteiger partial charge in [0, 0.05) is 12.3 Å². The number of hydrogen-bond acceptors (Lipinski definition) is 3. The first-order valence-corrected chi connectivity index (χ1v) is 13.8. The average Bonchev–Trinajstić information content (AvgIpc) is 3.31. The van der Waals surface area contributed by atoms with Crippen LogP contribution in [0.3, 0.4) is 0 Å². The van der Waals surface area contributed by atoms with Crippen LogP contribution in [-0.2, 0) is 20.7 Å². The number of carbonyl (C=O) groups is 1. The number of hydrogen-bond donors (Lipinski definition) is 0. The standard InChI is InChI=1S/C33H36F2O3/c1-22-5-7-23(8-6-22)3-2-4-32(36)37-21-30-27-10-9-24(19-27)20-31(30)38-33(25-11-15-28(34)16-12-25)26-13-17-29(35)18-14-26/h5-8,11-18,24,27,30-31,33H,2-4,9-10,19-21H2,1H3/t24?,27?,30-,31+/m1/s1. The highest BCUT2D eigenvalue weighted by Gasteiger charge is 2.44. The van der Waals surface area contributed by atoms with Crippen molar-refractivity contribution in [3.8, 4) is 0 Å². The van der Waals surface area contributed by atoms with Crippen LogP contribution in [0.4, 0.5) is 8.78 Å². The Morgan fingerprint density at radius 2 is 1.50 bits per heavy atom. The Balaban J connectivity index is 1.24. The number of carbonyl (C=O) groups excluding carboxylic acids is 1. The lowest BCUT2D eigenvalue weighted by atomic mass is 9.78. The van der Waals surface area contributed by atoms with Gasteiger partial charge in [-0.15, -0.1) is 0 Å². The molecule has 2 aliphatic rings. The maximum Gasteiger partial charge on any atom is 0.305 e. The fraction of sp³-hybridized carbons (Fsp3) is 0.424. The van der Waals surface area contributed by atoms with Gasteiger partial charge in [0.25, 0.3) is 0 Å². The third kappa shape index (κ3) is 6.68. The topological polar surface area (TPSA) is 35.5 Å². The molecule has 38 heavy (non-hydrogen) atoms. The summed E-state index contributed by atoms with van der Waals surface area (Å²) in [7, 11) is 0. The highest BCUT2D eigenvalue weighted by atomic mass is 19.1. The molecule has 2 aliphatic carbocycles. The maximum absolute atomic E-state index is 13.7. The number of benzene rings is 3. The SMILES string of the molecule is Cc1ccc(CCCC(=O)OC[C@@H]2C3CCC(C3)C[C@@H]2OC(c2ccc(F)cc2)c2ccc(F)cc2)cc1. The van der Waals surface area contributed by atoms with Crippen LogP contribution in [0, 0.1) is 36.3 Å². The number of fused-ring (bicyclic) bond motifs is 2. The van der Waals surface area contributed by atoms with Crippen LogP contribution in [-0.4, -0.2) is 18.7 Å². The Labute approximate surface area is 224 Å². The fourth-order valence-electron chi connectivity index (χ4n) is 6.18. The Bertz CT molecular complexity index is 1140. The summed E-state index contributed by atoms with van der Waals surface area (Å²) in [5.41, 5.74) is 4.10. The fourth-order valence-corrected chi connectivity index (χ4v) is 6.18. The molecule has 200 valence electrons. The van der Waals surface area contributed by atoms with Crippen molar-refractivity contribution >= 4 is 5.97 Å². The van der Waals surface area contributed by atoms with Crippen molar-refractivity contribution < 1.29 is 23.0 Å². The first-order valence-electron chi connectivity index (χ1n) is 13.8. The van der Waals surface area contributed by atoms with E-state index >= 15 is 0 Å². The number of rotatable bonds is 10. The van der Waals surface area contributed by atoms with Gasteiger partial charge in [0.05, 0.1) is 12.7 Å². The minimum atomic E-state index is -0.452. The summed E-state index contributed by atoms with van der Waals surface area (Å²) in [4.78, 5) is 12.6. The van der Waals surface area contributed by atoms with Gasteiger partial charge < -0.3 is 9.47 Å². The minimum absolute atomic E-state index is 0.0956. The summed E-state index contributed by atoms with van der Waals surface area (Å²) >= 11 is 0. The van der Waals surface area contributed by atoms with Crippen molar-refractivity contribution in [3.63, 3.8) is 0 Å². The molecule has 5 rings (SSSR count). The van der Waals surface area contributed by atoms with Crippen molar-refractivity contribution in [2.45, 2.75) is 64.1 Å². The summed E-state index contributed by atoms with van der Waals surface area (Å²) in [6.07, 6.45) is 5.81. The number of aryl methyl sites for hydroxylation is 2. The van der Waals surface area contributed by atoms with Gasteiger partial charge in [0.15, 0.2) is 0 Å². The second kappa shape index (κ2) is 12.2. The van der Waals surface area contributed by atoms with Gasteiger partial charge in [0.1, 0.15) is 17.7 Å². The molecule has 0 radical (unpaired) electrons. The van der Waals surface area contributed by atoms with E-state index in [-0.39, 0.29) is 29.6 Å². The smallest absolute Gasteiger partial charge is 0.305 e. The lowest BCUT2D eigenvalue weighted by Gasteiger charge is -2.38. The third-order valence-electron chi connectivity index (χ3n) is 8.29. The van der Waals surface area contributed by atoms with Gasteiger partial charge in [-0.25, -0.2) is 8.78 Å². The highest BCUT2D eigenvalue weighted by Crippen LogP contribution is 2.48. The second-order valence-electron chi connectivity index (χ2n) is 11.0. The van der Waals surface area contributed by atoms with Crippen molar-refractivity contribution in [1.82, 2.24) is 0 Å². The van der Waals surface area contributed by atoms with E-state index in [1.165, 1.54) is 41.8 Å². The molecule has 2 fully saturated rings. The van der Waals surface area contributed by atoms with Gasteiger partial charge in [-0.2, -0.15) is 0 Å². The molecule has 2 unspecified atom stereocenters. The predicted octanol–water partition coefficient (Wildman–Crippen LogP) is 7.75. The van der Waals surface area contributed by atoms with Crippen molar-refractivity contribution in [2.24, 2.45) is 17.8 Å². The van der Waals surface area contributed by atoms with Crippen LogP contribution in [0.25, 0.3) is 0 Å². The van der Waals surface area contributed by atoms with E-state index in [1.807, 2.05) is 0 Å². The van der Waals surface area contributed by atoms with Crippen LogP contribution < -0.4 is 0 Å². The van der Waals surface area contributed by atoms with E-state index in [0.717, 1.165) is 43.2 Å². The van der Waals surface area contributed by atoms with Gasteiger partial charge in [-0.05, 0) is 91.8 Å². The maximum atomic E-state index is 13.7. The average molecular weight is 519 g/mol. The molecule has 0 saturated heterocycles.